The van der Waals surface area contributed by atoms with Gasteiger partial charge in [-0.15, -0.1) is 0 Å². The van der Waals surface area contributed by atoms with Gasteiger partial charge in [-0.1, -0.05) is 239 Å². The van der Waals surface area contributed by atoms with Gasteiger partial charge in [-0.05, 0) is 96.3 Å². The summed E-state index contributed by atoms with van der Waals surface area (Å²) in [6, 6.07) is 0. The van der Waals surface area contributed by atoms with Crippen LogP contribution in [0.3, 0.4) is 0 Å². The van der Waals surface area contributed by atoms with Gasteiger partial charge in [-0.25, -0.2) is 0 Å². The zero-order valence-corrected chi connectivity index (χ0v) is 47.3. The van der Waals surface area contributed by atoms with Crippen LogP contribution in [0.25, 0.3) is 0 Å². The van der Waals surface area contributed by atoms with Gasteiger partial charge in [0, 0.05) is 13.0 Å². The van der Waals surface area contributed by atoms with Gasteiger partial charge in [0.05, 0.1) is 19.8 Å². The van der Waals surface area contributed by atoms with Gasteiger partial charge in [0.25, 0.3) is 0 Å². The molecule has 4 N–H and O–H groups in total. The summed E-state index contributed by atoms with van der Waals surface area (Å²) >= 11 is 0. The number of esters is 1. The van der Waals surface area contributed by atoms with Crippen LogP contribution in [0.2, 0.25) is 0 Å². The molecule has 9 heteroatoms. The fraction of sp³-hybridized carbons (Fsp3) is 0.738. The van der Waals surface area contributed by atoms with E-state index in [0.717, 1.165) is 89.9 Å². The summed E-state index contributed by atoms with van der Waals surface area (Å²) < 4.78 is 23.0. The third kappa shape index (κ3) is 44.3. The number of unbranched alkanes of at least 4 members (excludes halogenated alkanes) is 25. The van der Waals surface area contributed by atoms with Gasteiger partial charge in [0.2, 0.25) is 0 Å². The highest BCUT2D eigenvalue weighted by Gasteiger charge is 2.44. The van der Waals surface area contributed by atoms with E-state index in [4.69, 9.17) is 18.9 Å². The molecule has 0 bridgehead atoms. The lowest BCUT2D eigenvalue weighted by molar-refractivity contribution is -0.305. The number of ether oxygens (including phenoxy) is 4. The Morgan fingerprint density at radius 2 is 0.824 bits per heavy atom. The van der Waals surface area contributed by atoms with E-state index in [2.05, 4.69) is 111 Å². The molecule has 6 unspecified atom stereocenters. The maximum Gasteiger partial charge on any atom is 0.306 e. The number of carbonyl (C=O) groups excluding carboxylic acids is 1. The summed E-state index contributed by atoms with van der Waals surface area (Å²) in [5.74, 6) is -0.320. The highest BCUT2D eigenvalue weighted by Crippen LogP contribution is 2.23. The molecule has 0 aromatic carbocycles. The van der Waals surface area contributed by atoms with Crippen LogP contribution in [-0.2, 0) is 23.7 Å². The topological polar surface area (TPSA) is 135 Å². The van der Waals surface area contributed by atoms with Gasteiger partial charge in [-0.3, -0.25) is 4.79 Å². The van der Waals surface area contributed by atoms with Crippen molar-refractivity contribution in [2.45, 2.75) is 282 Å². The Morgan fingerprint density at radius 3 is 1.24 bits per heavy atom. The van der Waals surface area contributed by atoms with Crippen LogP contribution < -0.4 is 0 Å². The molecule has 0 saturated carbocycles. The van der Waals surface area contributed by atoms with E-state index >= 15 is 0 Å². The molecule has 0 aliphatic carbocycles. The molecule has 426 valence electrons. The molecule has 1 aliphatic heterocycles. The average Bonchev–Trinajstić information content (AvgIpc) is 3.40. The van der Waals surface area contributed by atoms with E-state index in [-0.39, 0.29) is 19.2 Å². The van der Waals surface area contributed by atoms with Gasteiger partial charge < -0.3 is 39.4 Å². The van der Waals surface area contributed by atoms with E-state index in [1.165, 1.54) is 135 Å². The summed E-state index contributed by atoms with van der Waals surface area (Å²) in [4.78, 5) is 12.9. The molecule has 0 aromatic rings. The Balaban J connectivity index is 2.16. The Kier molecular flexibility index (Phi) is 51.3. The van der Waals surface area contributed by atoms with Gasteiger partial charge >= 0.3 is 5.97 Å². The zero-order chi connectivity index (χ0) is 53.5. The second kappa shape index (κ2) is 54.9. The van der Waals surface area contributed by atoms with E-state index in [1.807, 2.05) is 0 Å². The van der Waals surface area contributed by atoms with Crippen LogP contribution in [0.1, 0.15) is 245 Å². The molecule has 9 nitrogen and oxygen atoms in total. The van der Waals surface area contributed by atoms with Crippen LogP contribution in [0.4, 0.5) is 0 Å². The van der Waals surface area contributed by atoms with Crippen molar-refractivity contribution in [3.63, 3.8) is 0 Å². The van der Waals surface area contributed by atoms with E-state index in [0.29, 0.717) is 13.0 Å². The normalized spacial score (nSPS) is 19.2. The van der Waals surface area contributed by atoms with Crippen molar-refractivity contribution in [3.8, 4) is 0 Å². The Hall–Kier alpha value is -2.89. The van der Waals surface area contributed by atoms with Gasteiger partial charge in [-0.2, -0.15) is 0 Å². The third-order valence-corrected chi connectivity index (χ3v) is 13.5. The van der Waals surface area contributed by atoms with Crippen molar-refractivity contribution in [3.05, 3.63) is 97.2 Å². The number of carbonyl (C=O) groups is 1. The van der Waals surface area contributed by atoms with Crippen molar-refractivity contribution in [1.82, 2.24) is 0 Å². The minimum absolute atomic E-state index is 0.123. The third-order valence-electron chi connectivity index (χ3n) is 13.5. The molecule has 0 amide bonds. The summed E-state index contributed by atoms with van der Waals surface area (Å²) in [5, 5.41) is 40.4. The molecule has 0 aromatic heterocycles. The molecule has 0 spiro atoms. The number of rotatable bonds is 52. The second-order valence-corrected chi connectivity index (χ2v) is 20.4. The molecule has 1 rings (SSSR count). The first kappa shape index (κ1) is 69.1. The van der Waals surface area contributed by atoms with Gasteiger partial charge in [0.1, 0.15) is 30.5 Å². The lowest BCUT2D eigenvalue weighted by Crippen LogP contribution is -2.59. The van der Waals surface area contributed by atoms with Crippen molar-refractivity contribution >= 4 is 5.97 Å². The van der Waals surface area contributed by atoms with E-state index in [1.54, 1.807) is 0 Å². The molecule has 6 atom stereocenters. The lowest BCUT2D eigenvalue weighted by atomic mass is 9.99. The van der Waals surface area contributed by atoms with Crippen molar-refractivity contribution in [2.75, 3.05) is 26.4 Å². The molecule has 1 heterocycles. The summed E-state index contributed by atoms with van der Waals surface area (Å²) in [5.41, 5.74) is 0. The first-order chi connectivity index (χ1) is 36.4. The van der Waals surface area contributed by atoms with Crippen LogP contribution in [0, 0.1) is 0 Å². The number of allylic oxidation sites excluding steroid dienone is 16. The molecule has 1 fully saturated rings. The number of hydrogen-bond acceptors (Lipinski definition) is 9. The van der Waals surface area contributed by atoms with Crippen molar-refractivity contribution in [2.24, 2.45) is 0 Å². The summed E-state index contributed by atoms with van der Waals surface area (Å²) in [7, 11) is 0. The first-order valence-electron chi connectivity index (χ1n) is 30.3. The van der Waals surface area contributed by atoms with E-state index in [9.17, 15) is 25.2 Å². The van der Waals surface area contributed by atoms with Crippen LogP contribution in [-0.4, -0.2) is 89.6 Å². The predicted molar refractivity (Wildman–Crippen MR) is 311 cm³/mol. The molecule has 74 heavy (non-hydrogen) atoms. The first-order valence-corrected chi connectivity index (χ1v) is 30.3. The lowest BCUT2D eigenvalue weighted by Gasteiger charge is -2.39. The molecular weight excluding hydrogens is 925 g/mol. The van der Waals surface area contributed by atoms with Crippen LogP contribution in [0.5, 0.6) is 0 Å². The smallest absolute Gasteiger partial charge is 0.306 e. The second-order valence-electron chi connectivity index (χ2n) is 20.4. The summed E-state index contributed by atoms with van der Waals surface area (Å²) in [6.45, 7) is 4.42. The highest BCUT2D eigenvalue weighted by atomic mass is 16.7. The highest BCUT2D eigenvalue weighted by molar-refractivity contribution is 5.69. The minimum Gasteiger partial charge on any atom is -0.457 e. The Bertz CT molecular complexity index is 1460. The van der Waals surface area contributed by atoms with Crippen molar-refractivity contribution in [1.29, 1.82) is 0 Å². The van der Waals surface area contributed by atoms with Crippen LogP contribution >= 0.6 is 0 Å². The molecule has 1 saturated heterocycles. The quantitative estimate of drug-likeness (QED) is 0.0267. The number of hydrogen-bond donors (Lipinski definition) is 4. The van der Waals surface area contributed by atoms with Gasteiger partial charge in [0.15, 0.2) is 6.29 Å². The standard InChI is InChI=1S/C65H112O9/c1-3-5-7-9-11-13-15-17-19-21-23-25-27-29-31-33-35-37-39-41-43-45-47-49-51-53-55-71-57-59(58-72-65-64(70)63(69)62(68)60(56-66)74-65)73-61(67)54-52-50-48-46-44-42-40-38-36-34-32-30-28-26-24-22-20-18-16-14-12-10-8-6-4-2/h5,7,11,13,16-19,22-25,29,31,35,37,59-60,62-66,68-70H,3-4,6,8-10,12,14-15,20-21,26-28,30,32-34,36,38-58H2,1-2H3/b7-5-,13-11-,18-16-,19-17-,24-22-,25-23-,31-29-,37-35-. The largest absolute Gasteiger partial charge is 0.457 e. The predicted octanol–water partition coefficient (Wildman–Crippen LogP) is 16.3. The SMILES string of the molecule is CC/C=C\C/C=C\C/C=C\C/C=C\C/C=C\C/C=C\CCCCCCCCCOCC(COC1OC(CO)C(O)C(O)C1O)OC(=O)CCCCCCCCCCCCCCC/C=C\C/C=C\CCCCCCC. The van der Waals surface area contributed by atoms with Crippen LogP contribution in [0.15, 0.2) is 97.2 Å². The monoisotopic (exact) mass is 1040 g/mol. The maximum atomic E-state index is 12.9. The fourth-order valence-electron chi connectivity index (χ4n) is 8.82. The van der Waals surface area contributed by atoms with E-state index < -0.39 is 43.4 Å². The Morgan fingerprint density at radius 1 is 0.446 bits per heavy atom. The molecule has 1 aliphatic rings. The van der Waals surface area contributed by atoms with Crippen molar-refractivity contribution < 1.29 is 44.2 Å². The molecular formula is C65H112O9. The number of aliphatic hydroxyl groups excluding tert-OH is 4. The fourth-order valence-corrected chi connectivity index (χ4v) is 8.82. The zero-order valence-electron chi connectivity index (χ0n) is 47.3. The minimum atomic E-state index is -1.55. The maximum absolute atomic E-state index is 12.9. The molecule has 0 radical (unpaired) electrons. The summed E-state index contributed by atoms with van der Waals surface area (Å²) in [6.07, 6.45) is 70.3. The Labute approximate surface area is 453 Å². The average molecular weight is 1040 g/mol. The number of aliphatic hydroxyl groups is 4.